The fourth-order valence-electron chi connectivity index (χ4n) is 2.92. The van der Waals surface area contributed by atoms with Gasteiger partial charge in [0.25, 0.3) is 0 Å². The van der Waals surface area contributed by atoms with E-state index >= 15 is 0 Å². The molecule has 1 aliphatic heterocycles. The van der Waals surface area contributed by atoms with E-state index in [0.717, 1.165) is 44.1 Å². The molecular weight excluding hydrogens is 322 g/mol. The number of anilines is 1. The third-order valence-corrected chi connectivity index (χ3v) is 6.18. The van der Waals surface area contributed by atoms with Crippen LogP contribution < -0.4 is 4.90 Å². The third kappa shape index (κ3) is 3.94. The predicted molar refractivity (Wildman–Crippen MR) is 95.9 cm³/mol. The number of pyridine rings is 1. The summed E-state index contributed by atoms with van der Waals surface area (Å²) in [6.07, 6.45) is 1.83. The molecule has 0 unspecified atom stereocenters. The Balaban J connectivity index is 1.59. The van der Waals surface area contributed by atoms with E-state index < -0.39 is 9.84 Å². The summed E-state index contributed by atoms with van der Waals surface area (Å²) in [7, 11) is -3.12. The maximum Gasteiger partial charge on any atom is 0.178 e. The molecular formula is C18H23N3O2S. The number of sulfone groups is 1. The minimum atomic E-state index is -3.12. The van der Waals surface area contributed by atoms with Crippen LogP contribution in [-0.2, 0) is 16.4 Å². The second-order valence-electron chi connectivity index (χ2n) is 5.98. The lowest BCUT2D eigenvalue weighted by Gasteiger charge is -2.36. The zero-order chi connectivity index (χ0) is 17.0. The lowest BCUT2D eigenvalue weighted by atomic mass is 10.2. The molecule has 1 aliphatic rings. The Labute approximate surface area is 143 Å². The van der Waals surface area contributed by atoms with Gasteiger partial charge in [0.05, 0.1) is 16.3 Å². The number of hydrogen-bond acceptors (Lipinski definition) is 5. The molecule has 0 bridgehead atoms. The summed E-state index contributed by atoms with van der Waals surface area (Å²) in [5.74, 6) is 0.137. The van der Waals surface area contributed by atoms with Crippen LogP contribution in [-0.4, -0.2) is 50.2 Å². The second-order valence-corrected chi connectivity index (χ2v) is 8.26. The highest BCUT2D eigenvalue weighted by atomic mass is 32.2. The minimum Gasteiger partial charge on any atom is -0.369 e. The van der Waals surface area contributed by atoms with Crippen molar-refractivity contribution in [3.8, 4) is 0 Å². The second kappa shape index (κ2) is 7.32. The van der Waals surface area contributed by atoms with Crippen molar-refractivity contribution in [2.75, 3.05) is 36.8 Å². The summed E-state index contributed by atoms with van der Waals surface area (Å²) >= 11 is 0. The van der Waals surface area contributed by atoms with Gasteiger partial charge in [0.1, 0.15) is 0 Å². The van der Waals surface area contributed by atoms with E-state index in [-0.39, 0.29) is 5.75 Å². The van der Waals surface area contributed by atoms with Gasteiger partial charge in [0, 0.05) is 44.6 Å². The molecule has 0 saturated carbocycles. The molecule has 1 fully saturated rings. The topological polar surface area (TPSA) is 53.5 Å². The molecule has 128 valence electrons. The molecule has 0 radical (unpaired) electrons. The van der Waals surface area contributed by atoms with Crippen molar-refractivity contribution < 1.29 is 8.42 Å². The summed E-state index contributed by atoms with van der Waals surface area (Å²) in [5.41, 5.74) is 2.18. The Hall–Kier alpha value is -1.92. The smallest absolute Gasteiger partial charge is 0.178 e. The Kier molecular flexibility index (Phi) is 5.16. The lowest BCUT2D eigenvalue weighted by Crippen LogP contribution is -2.46. The minimum absolute atomic E-state index is 0.137. The van der Waals surface area contributed by atoms with Crippen molar-refractivity contribution >= 4 is 15.5 Å². The standard InChI is InChI=1S/C18H23N3O2S/c1-2-24(22,23)18-8-6-17(7-9-18)21-13-11-20(12-14-21)15-16-5-3-4-10-19-16/h3-10H,2,11-15H2,1H3. The van der Waals surface area contributed by atoms with Gasteiger partial charge in [-0.25, -0.2) is 8.42 Å². The van der Waals surface area contributed by atoms with Crippen molar-refractivity contribution in [2.24, 2.45) is 0 Å². The molecule has 1 aromatic carbocycles. The van der Waals surface area contributed by atoms with Gasteiger partial charge in [-0.2, -0.15) is 0 Å². The van der Waals surface area contributed by atoms with Crippen molar-refractivity contribution in [1.82, 2.24) is 9.88 Å². The Bertz CT molecular complexity index is 753. The van der Waals surface area contributed by atoms with Crippen LogP contribution in [0.4, 0.5) is 5.69 Å². The molecule has 2 heterocycles. The number of nitrogens with zero attached hydrogens (tertiary/aromatic N) is 3. The largest absolute Gasteiger partial charge is 0.369 e. The van der Waals surface area contributed by atoms with Crippen molar-refractivity contribution in [3.05, 3.63) is 54.4 Å². The molecule has 2 aromatic rings. The van der Waals surface area contributed by atoms with Gasteiger partial charge in [-0.3, -0.25) is 9.88 Å². The number of benzene rings is 1. The molecule has 24 heavy (non-hydrogen) atoms. The average Bonchev–Trinajstić information content (AvgIpc) is 2.63. The van der Waals surface area contributed by atoms with Gasteiger partial charge in [-0.15, -0.1) is 0 Å². The summed E-state index contributed by atoms with van der Waals surface area (Å²) < 4.78 is 23.8. The van der Waals surface area contributed by atoms with E-state index in [0.29, 0.717) is 4.90 Å². The van der Waals surface area contributed by atoms with Crippen LogP contribution >= 0.6 is 0 Å². The number of piperazine rings is 1. The number of rotatable bonds is 5. The SMILES string of the molecule is CCS(=O)(=O)c1ccc(N2CCN(Cc3ccccn3)CC2)cc1. The Morgan fingerprint density at radius 3 is 2.29 bits per heavy atom. The van der Waals surface area contributed by atoms with Crippen molar-refractivity contribution in [1.29, 1.82) is 0 Å². The van der Waals surface area contributed by atoms with E-state index in [1.165, 1.54) is 0 Å². The molecule has 1 aromatic heterocycles. The highest BCUT2D eigenvalue weighted by Gasteiger charge is 2.18. The van der Waals surface area contributed by atoms with Crippen LogP contribution in [0.2, 0.25) is 0 Å². The number of aromatic nitrogens is 1. The third-order valence-electron chi connectivity index (χ3n) is 4.43. The lowest BCUT2D eigenvalue weighted by molar-refractivity contribution is 0.247. The molecule has 0 amide bonds. The monoisotopic (exact) mass is 345 g/mol. The fraction of sp³-hybridized carbons (Fsp3) is 0.389. The van der Waals surface area contributed by atoms with Crippen LogP contribution in [0.15, 0.2) is 53.6 Å². The quantitative estimate of drug-likeness (QED) is 0.831. The highest BCUT2D eigenvalue weighted by Crippen LogP contribution is 2.20. The summed E-state index contributed by atoms with van der Waals surface area (Å²) in [5, 5.41) is 0. The first-order valence-electron chi connectivity index (χ1n) is 8.28. The van der Waals surface area contributed by atoms with E-state index in [4.69, 9.17) is 0 Å². The van der Waals surface area contributed by atoms with Gasteiger partial charge in [0.15, 0.2) is 9.84 Å². The van der Waals surface area contributed by atoms with Gasteiger partial charge in [-0.05, 0) is 36.4 Å². The van der Waals surface area contributed by atoms with Crippen LogP contribution in [0.3, 0.4) is 0 Å². The van der Waals surface area contributed by atoms with E-state index in [1.54, 1.807) is 19.1 Å². The summed E-state index contributed by atoms with van der Waals surface area (Å²) in [4.78, 5) is 9.48. The van der Waals surface area contributed by atoms with Gasteiger partial charge in [0.2, 0.25) is 0 Å². The average molecular weight is 345 g/mol. The molecule has 3 rings (SSSR count). The molecule has 0 aliphatic carbocycles. The molecule has 0 atom stereocenters. The Morgan fingerprint density at radius 2 is 1.71 bits per heavy atom. The maximum atomic E-state index is 11.9. The Morgan fingerprint density at radius 1 is 1.00 bits per heavy atom. The van der Waals surface area contributed by atoms with Crippen LogP contribution in [0, 0.1) is 0 Å². The van der Waals surface area contributed by atoms with Crippen LogP contribution in [0.1, 0.15) is 12.6 Å². The summed E-state index contributed by atoms with van der Waals surface area (Å²) in [6.45, 7) is 6.38. The van der Waals surface area contributed by atoms with Gasteiger partial charge >= 0.3 is 0 Å². The molecule has 1 saturated heterocycles. The van der Waals surface area contributed by atoms with E-state index in [9.17, 15) is 8.42 Å². The molecule has 5 nitrogen and oxygen atoms in total. The van der Waals surface area contributed by atoms with Crippen molar-refractivity contribution in [2.45, 2.75) is 18.4 Å². The predicted octanol–water partition coefficient (Wildman–Crippen LogP) is 2.20. The van der Waals surface area contributed by atoms with Gasteiger partial charge in [-0.1, -0.05) is 13.0 Å². The van der Waals surface area contributed by atoms with Crippen LogP contribution in [0.25, 0.3) is 0 Å². The van der Waals surface area contributed by atoms with Gasteiger partial charge < -0.3 is 4.90 Å². The van der Waals surface area contributed by atoms with Crippen LogP contribution in [0.5, 0.6) is 0 Å². The molecule has 0 spiro atoms. The maximum absolute atomic E-state index is 11.9. The van der Waals surface area contributed by atoms with E-state index in [2.05, 4.69) is 20.9 Å². The number of hydrogen-bond donors (Lipinski definition) is 0. The first-order chi connectivity index (χ1) is 11.6. The fourth-order valence-corrected chi connectivity index (χ4v) is 3.80. The summed E-state index contributed by atoms with van der Waals surface area (Å²) in [6, 6.07) is 13.3. The zero-order valence-corrected chi connectivity index (χ0v) is 14.7. The van der Waals surface area contributed by atoms with E-state index in [1.807, 2.05) is 30.5 Å². The normalized spacial score (nSPS) is 16.3. The first kappa shape index (κ1) is 16.9. The van der Waals surface area contributed by atoms with Crippen molar-refractivity contribution in [3.63, 3.8) is 0 Å². The zero-order valence-electron chi connectivity index (χ0n) is 13.9. The highest BCUT2D eigenvalue weighted by molar-refractivity contribution is 7.91. The molecule has 0 N–H and O–H groups in total. The molecule has 6 heteroatoms. The first-order valence-corrected chi connectivity index (χ1v) is 9.94.